The summed E-state index contributed by atoms with van der Waals surface area (Å²) in [5, 5.41) is 0. The molecule has 0 spiro atoms. The van der Waals surface area contributed by atoms with Crippen molar-refractivity contribution in [2.24, 2.45) is 0 Å². The van der Waals surface area contributed by atoms with Crippen LogP contribution in [0.1, 0.15) is 29.3 Å². The zero-order chi connectivity index (χ0) is 16.2. The number of hydrogen-bond acceptors (Lipinski definition) is 5. The fraction of sp³-hybridized carbons (Fsp3) is 0.412. The molecule has 1 aromatic carbocycles. The predicted molar refractivity (Wildman–Crippen MR) is 83.8 cm³/mol. The standard InChI is InChI=1S/C17H20N2O4/c1-12-10-18-16(22-12)17(20)19-9-5-6-13(11-19)23-15-8-4-3-7-14(15)21-2/h3-4,7-8,10,13H,5-6,9,11H2,1-2H3. The van der Waals surface area contributed by atoms with Gasteiger partial charge in [0.05, 0.1) is 19.9 Å². The molecule has 1 atom stereocenters. The van der Waals surface area contributed by atoms with E-state index in [-0.39, 0.29) is 17.9 Å². The molecule has 1 amide bonds. The Bertz CT molecular complexity index is 683. The van der Waals surface area contributed by atoms with Crippen LogP contribution in [0, 0.1) is 6.92 Å². The lowest BCUT2D eigenvalue weighted by molar-refractivity contribution is 0.0497. The zero-order valence-electron chi connectivity index (χ0n) is 13.3. The van der Waals surface area contributed by atoms with Crippen LogP contribution in [0.5, 0.6) is 11.5 Å². The fourth-order valence-electron chi connectivity index (χ4n) is 2.70. The van der Waals surface area contributed by atoms with Crippen molar-refractivity contribution >= 4 is 5.91 Å². The summed E-state index contributed by atoms with van der Waals surface area (Å²) < 4.78 is 16.7. The van der Waals surface area contributed by atoms with Gasteiger partial charge >= 0.3 is 5.91 Å². The molecule has 6 heteroatoms. The van der Waals surface area contributed by atoms with E-state index in [1.807, 2.05) is 24.3 Å². The molecule has 2 aromatic rings. The summed E-state index contributed by atoms with van der Waals surface area (Å²) in [4.78, 5) is 18.2. The van der Waals surface area contributed by atoms with Crippen molar-refractivity contribution in [1.82, 2.24) is 9.88 Å². The summed E-state index contributed by atoms with van der Waals surface area (Å²) in [5.41, 5.74) is 0. The lowest BCUT2D eigenvalue weighted by Gasteiger charge is -2.32. The highest BCUT2D eigenvalue weighted by atomic mass is 16.5. The molecule has 0 bridgehead atoms. The van der Waals surface area contributed by atoms with Crippen LogP contribution in [-0.4, -0.2) is 42.1 Å². The van der Waals surface area contributed by atoms with E-state index in [4.69, 9.17) is 13.9 Å². The second-order valence-electron chi connectivity index (χ2n) is 5.56. The van der Waals surface area contributed by atoms with Crippen molar-refractivity contribution in [3.05, 3.63) is 42.1 Å². The van der Waals surface area contributed by atoms with Crippen molar-refractivity contribution in [1.29, 1.82) is 0 Å². The van der Waals surface area contributed by atoms with E-state index in [0.29, 0.717) is 30.3 Å². The number of nitrogens with zero attached hydrogens (tertiary/aromatic N) is 2. The van der Waals surface area contributed by atoms with Crippen LogP contribution in [0.2, 0.25) is 0 Å². The number of carbonyl (C=O) groups is 1. The van der Waals surface area contributed by atoms with Gasteiger partial charge in [0.15, 0.2) is 11.5 Å². The van der Waals surface area contributed by atoms with Gasteiger partial charge in [-0.05, 0) is 31.9 Å². The average molecular weight is 316 g/mol. The van der Waals surface area contributed by atoms with Gasteiger partial charge in [0.25, 0.3) is 5.89 Å². The molecule has 122 valence electrons. The SMILES string of the molecule is COc1ccccc1OC1CCCN(C(=O)c2ncc(C)o2)C1. The van der Waals surface area contributed by atoms with Crippen LogP contribution >= 0.6 is 0 Å². The third kappa shape index (κ3) is 3.47. The first-order valence-corrected chi connectivity index (χ1v) is 7.68. The van der Waals surface area contributed by atoms with E-state index in [9.17, 15) is 4.79 Å². The molecule has 6 nitrogen and oxygen atoms in total. The van der Waals surface area contributed by atoms with Gasteiger partial charge < -0.3 is 18.8 Å². The van der Waals surface area contributed by atoms with E-state index in [1.54, 1.807) is 25.1 Å². The number of para-hydroxylation sites is 2. The molecular formula is C17H20N2O4. The Hall–Kier alpha value is -2.50. The Balaban J connectivity index is 1.67. The Morgan fingerprint density at radius 2 is 2.13 bits per heavy atom. The Morgan fingerprint density at radius 3 is 2.83 bits per heavy atom. The number of methoxy groups -OCH3 is 1. The van der Waals surface area contributed by atoms with Crippen LogP contribution in [0.4, 0.5) is 0 Å². The number of oxazole rings is 1. The summed E-state index contributed by atoms with van der Waals surface area (Å²) in [5.74, 6) is 1.97. The highest BCUT2D eigenvalue weighted by molar-refractivity contribution is 5.89. The first kappa shape index (κ1) is 15.4. The van der Waals surface area contributed by atoms with Gasteiger partial charge in [0.2, 0.25) is 0 Å². The molecule has 1 aromatic heterocycles. The largest absolute Gasteiger partial charge is 0.493 e. The molecule has 1 fully saturated rings. The van der Waals surface area contributed by atoms with Crippen molar-refractivity contribution in [3.8, 4) is 11.5 Å². The molecule has 3 rings (SSSR count). The maximum atomic E-state index is 12.4. The van der Waals surface area contributed by atoms with Gasteiger partial charge in [0.1, 0.15) is 11.9 Å². The number of likely N-dealkylation sites (tertiary alicyclic amines) is 1. The van der Waals surface area contributed by atoms with Crippen molar-refractivity contribution in [2.45, 2.75) is 25.9 Å². The zero-order valence-corrected chi connectivity index (χ0v) is 13.3. The average Bonchev–Trinajstić information content (AvgIpc) is 3.01. The van der Waals surface area contributed by atoms with E-state index in [0.717, 1.165) is 12.8 Å². The molecule has 23 heavy (non-hydrogen) atoms. The number of rotatable bonds is 4. The van der Waals surface area contributed by atoms with Gasteiger partial charge in [-0.15, -0.1) is 0 Å². The Labute approximate surface area is 135 Å². The quantitative estimate of drug-likeness (QED) is 0.867. The Kier molecular flexibility index (Phi) is 4.50. The molecule has 1 aliphatic rings. The Morgan fingerprint density at radius 1 is 1.35 bits per heavy atom. The number of piperidine rings is 1. The van der Waals surface area contributed by atoms with Crippen molar-refractivity contribution < 1.29 is 18.7 Å². The molecule has 1 saturated heterocycles. The number of ether oxygens (including phenoxy) is 2. The summed E-state index contributed by atoms with van der Waals surface area (Å²) in [7, 11) is 1.61. The first-order chi connectivity index (χ1) is 11.2. The summed E-state index contributed by atoms with van der Waals surface area (Å²) >= 11 is 0. The minimum Gasteiger partial charge on any atom is -0.493 e. The van der Waals surface area contributed by atoms with E-state index in [1.165, 1.54) is 0 Å². The third-order valence-corrected chi connectivity index (χ3v) is 3.83. The molecular weight excluding hydrogens is 296 g/mol. The van der Waals surface area contributed by atoms with Crippen LogP contribution < -0.4 is 9.47 Å². The van der Waals surface area contributed by atoms with Gasteiger partial charge in [0, 0.05) is 6.54 Å². The summed E-state index contributed by atoms with van der Waals surface area (Å²) in [6.07, 6.45) is 3.26. The second kappa shape index (κ2) is 6.73. The van der Waals surface area contributed by atoms with Gasteiger partial charge in [-0.1, -0.05) is 12.1 Å². The topological polar surface area (TPSA) is 64.8 Å². The van der Waals surface area contributed by atoms with Crippen molar-refractivity contribution in [3.63, 3.8) is 0 Å². The number of amides is 1. The van der Waals surface area contributed by atoms with Crippen LogP contribution in [0.3, 0.4) is 0 Å². The van der Waals surface area contributed by atoms with E-state index < -0.39 is 0 Å². The van der Waals surface area contributed by atoms with Gasteiger partial charge in [-0.3, -0.25) is 4.79 Å². The minimum atomic E-state index is -0.188. The first-order valence-electron chi connectivity index (χ1n) is 7.68. The number of hydrogen-bond donors (Lipinski definition) is 0. The van der Waals surface area contributed by atoms with Crippen LogP contribution in [0.15, 0.2) is 34.9 Å². The molecule has 0 radical (unpaired) electrons. The highest BCUT2D eigenvalue weighted by Crippen LogP contribution is 2.28. The highest BCUT2D eigenvalue weighted by Gasteiger charge is 2.28. The van der Waals surface area contributed by atoms with Gasteiger partial charge in [-0.2, -0.15) is 0 Å². The number of benzene rings is 1. The molecule has 1 unspecified atom stereocenters. The fourth-order valence-corrected chi connectivity index (χ4v) is 2.70. The molecule has 0 aliphatic carbocycles. The van der Waals surface area contributed by atoms with Crippen LogP contribution in [0.25, 0.3) is 0 Å². The monoisotopic (exact) mass is 316 g/mol. The lowest BCUT2D eigenvalue weighted by Crippen LogP contribution is -2.44. The molecule has 0 saturated carbocycles. The number of aromatic nitrogens is 1. The molecule has 2 heterocycles. The number of carbonyl (C=O) groups excluding carboxylic acids is 1. The maximum Gasteiger partial charge on any atom is 0.309 e. The molecule has 0 N–H and O–H groups in total. The van der Waals surface area contributed by atoms with Crippen LogP contribution in [-0.2, 0) is 0 Å². The van der Waals surface area contributed by atoms with Crippen molar-refractivity contribution in [2.75, 3.05) is 20.2 Å². The summed E-state index contributed by atoms with van der Waals surface area (Å²) in [6.45, 7) is 2.97. The smallest absolute Gasteiger partial charge is 0.309 e. The van der Waals surface area contributed by atoms with Gasteiger partial charge in [-0.25, -0.2) is 4.98 Å². The van der Waals surface area contributed by atoms with E-state index in [2.05, 4.69) is 4.98 Å². The maximum absolute atomic E-state index is 12.4. The molecule has 1 aliphatic heterocycles. The minimum absolute atomic E-state index is 0.0694. The lowest BCUT2D eigenvalue weighted by atomic mass is 10.1. The van der Waals surface area contributed by atoms with E-state index >= 15 is 0 Å². The normalized spacial score (nSPS) is 17.8. The second-order valence-corrected chi connectivity index (χ2v) is 5.56. The third-order valence-electron chi connectivity index (χ3n) is 3.83. The predicted octanol–water partition coefficient (Wildman–Crippen LogP) is 2.68. The number of aryl methyl sites for hydroxylation is 1. The summed E-state index contributed by atoms with van der Waals surface area (Å²) in [6, 6.07) is 7.53.